The standard InChI is InChI=1S/C16H13FOS/c17-14-8-5-12(6-9-14)7-10-16(18)15-4-2-1-3-13(15)11-19/h1-6,8-9,11H,7,10H2. The fourth-order valence-electron chi connectivity index (χ4n) is 1.90. The number of rotatable bonds is 5. The summed E-state index contributed by atoms with van der Waals surface area (Å²) < 4.78 is 12.8. The number of ketones is 1. The number of Topliss-reactive ketones (excluding diaryl/α,β-unsaturated/α-hetero) is 1. The number of hydrogen-bond donors (Lipinski definition) is 0. The molecule has 0 N–H and O–H groups in total. The first-order chi connectivity index (χ1) is 9.20. The Bertz CT molecular complexity index is 590. The SMILES string of the molecule is O=C(CCc1ccc(F)cc1)c1ccccc1C=S. The van der Waals surface area contributed by atoms with Gasteiger partial charge >= 0.3 is 0 Å². The highest BCUT2D eigenvalue weighted by molar-refractivity contribution is 7.79. The summed E-state index contributed by atoms with van der Waals surface area (Å²) in [5.74, 6) is -0.206. The Labute approximate surface area is 117 Å². The molecule has 0 saturated carbocycles. The van der Waals surface area contributed by atoms with Gasteiger partial charge in [0, 0.05) is 17.4 Å². The van der Waals surface area contributed by atoms with Crippen LogP contribution >= 0.6 is 12.2 Å². The second-order valence-electron chi connectivity index (χ2n) is 4.25. The maximum absolute atomic E-state index is 12.8. The highest BCUT2D eigenvalue weighted by Crippen LogP contribution is 2.12. The molecule has 2 aromatic rings. The van der Waals surface area contributed by atoms with Crippen LogP contribution in [0.1, 0.15) is 27.9 Å². The fourth-order valence-corrected chi connectivity index (χ4v) is 2.10. The van der Waals surface area contributed by atoms with Crippen LogP contribution in [0.25, 0.3) is 0 Å². The van der Waals surface area contributed by atoms with Crippen molar-refractivity contribution in [1.82, 2.24) is 0 Å². The van der Waals surface area contributed by atoms with Crippen LogP contribution in [0.5, 0.6) is 0 Å². The van der Waals surface area contributed by atoms with Crippen molar-refractivity contribution >= 4 is 23.4 Å². The molecule has 0 spiro atoms. The van der Waals surface area contributed by atoms with Crippen LogP contribution in [0.15, 0.2) is 48.5 Å². The van der Waals surface area contributed by atoms with E-state index in [1.165, 1.54) is 17.5 Å². The normalized spacial score (nSPS) is 10.2. The molecule has 0 aliphatic carbocycles. The summed E-state index contributed by atoms with van der Waals surface area (Å²) in [7, 11) is 0. The van der Waals surface area contributed by atoms with E-state index in [-0.39, 0.29) is 11.6 Å². The van der Waals surface area contributed by atoms with Crippen molar-refractivity contribution in [2.24, 2.45) is 0 Å². The molecule has 0 bridgehead atoms. The third kappa shape index (κ3) is 3.55. The van der Waals surface area contributed by atoms with Crippen LogP contribution in [-0.4, -0.2) is 11.2 Å². The molecular weight excluding hydrogens is 259 g/mol. The Balaban J connectivity index is 2.05. The first-order valence-corrected chi connectivity index (χ1v) is 6.49. The van der Waals surface area contributed by atoms with Crippen LogP contribution in [0.4, 0.5) is 4.39 Å². The summed E-state index contributed by atoms with van der Waals surface area (Å²) >= 11 is 4.90. The van der Waals surface area contributed by atoms with Crippen molar-refractivity contribution in [3.05, 3.63) is 71.0 Å². The minimum atomic E-state index is -0.263. The lowest BCUT2D eigenvalue weighted by atomic mass is 9.99. The van der Waals surface area contributed by atoms with E-state index in [2.05, 4.69) is 0 Å². The quantitative estimate of drug-likeness (QED) is 0.604. The highest BCUT2D eigenvalue weighted by Gasteiger charge is 2.09. The number of aryl methyl sites for hydroxylation is 1. The van der Waals surface area contributed by atoms with Gasteiger partial charge in [0.1, 0.15) is 5.82 Å². The average Bonchev–Trinajstić information content (AvgIpc) is 2.46. The third-order valence-corrected chi connectivity index (χ3v) is 3.20. The van der Waals surface area contributed by atoms with E-state index in [1.54, 1.807) is 18.2 Å². The van der Waals surface area contributed by atoms with Gasteiger partial charge in [-0.25, -0.2) is 4.39 Å². The minimum Gasteiger partial charge on any atom is -0.294 e. The maximum atomic E-state index is 12.8. The Morgan fingerprint density at radius 2 is 1.79 bits per heavy atom. The van der Waals surface area contributed by atoms with E-state index in [9.17, 15) is 9.18 Å². The number of thiocarbonyl (C=S) groups is 1. The number of benzene rings is 2. The number of carbonyl (C=O) groups is 1. The summed E-state index contributed by atoms with van der Waals surface area (Å²) in [5, 5.41) is 1.52. The van der Waals surface area contributed by atoms with E-state index in [0.717, 1.165) is 11.1 Å². The van der Waals surface area contributed by atoms with Gasteiger partial charge < -0.3 is 0 Å². The predicted octanol–water partition coefficient (Wildman–Crippen LogP) is 3.99. The lowest BCUT2D eigenvalue weighted by Crippen LogP contribution is -2.04. The van der Waals surface area contributed by atoms with Crippen molar-refractivity contribution in [2.45, 2.75) is 12.8 Å². The molecule has 3 heteroatoms. The Hall–Kier alpha value is -1.87. The van der Waals surface area contributed by atoms with Gasteiger partial charge in [0.2, 0.25) is 0 Å². The molecule has 0 unspecified atom stereocenters. The zero-order valence-electron chi connectivity index (χ0n) is 10.3. The van der Waals surface area contributed by atoms with E-state index in [0.29, 0.717) is 18.4 Å². The van der Waals surface area contributed by atoms with Gasteiger partial charge in [0.15, 0.2) is 5.78 Å². The van der Waals surface area contributed by atoms with Gasteiger partial charge in [-0.3, -0.25) is 4.79 Å². The Morgan fingerprint density at radius 3 is 2.47 bits per heavy atom. The molecule has 1 nitrogen and oxygen atoms in total. The first kappa shape index (κ1) is 13.6. The Morgan fingerprint density at radius 1 is 1.11 bits per heavy atom. The monoisotopic (exact) mass is 272 g/mol. The van der Waals surface area contributed by atoms with Gasteiger partial charge in [-0.1, -0.05) is 48.6 Å². The summed E-state index contributed by atoms with van der Waals surface area (Å²) in [4.78, 5) is 12.1. The molecule has 2 rings (SSSR count). The predicted molar refractivity (Wildman–Crippen MR) is 78.3 cm³/mol. The molecule has 19 heavy (non-hydrogen) atoms. The van der Waals surface area contributed by atoms with Gasteiger partial charge in [-0.15, -0.1) is 0 Å². The molecule has 0 amide bonds. The Kier molecular flexibility index (Phi) is 4.53. The molecule has 0 saturated heterocycles. The van der Waals surface area contributed by atoms with Crippen LogP contribution in [0.3, 0.4) is 0 Å². The topological polar surface area (TPSA) is 17.1 Å². The molecule has 0 radical (unpaired) electrons. The number of hydrogen-bond acceptors (Lipinski definition) is 2. The van der Waals surface area contributed by atoms with E-state index in [1.807, 2.05) is 18.2 Å². The highest BCUT2D eigenvalue weighted by atomic mass is 32.1. The molecule has 0 heterocycles. The fraction of sp³-hybridized carbons (Fsp3) is 0.125. The summed E-state index contributed by atoms with van der Waals surface area (Å²) in [6.45, 7) is 0. The first-order valence-electron chi connectivity index (χ1n) is 6.02. The van der Waals surface area contributed by atoms with Gasteiger partial charge in [-0.2, -0.15) is 0 Å². The summed E-state index contributed by atoms with van der Waals surface area (Å²) in [6.07, 6.45) is 0.997. The molecule has 0 aromatic heterocycles. The minimum absolute atomic E-state index is 0.0565. The van der Waals surface area contributed by atoms with Gasteiger partial charge in [0.25, 0.3) is 0 Å². The molecule has 0 fully saturated rings. The molecule has 0 atom stereocenters. The van der Waals surface area contributed by atoms with Crippen molar-refractivity contribution in [2.75, 3.05) is 0 Å². The van der Waals surface area contributed by atoms with E-state index >= 15 is 0 Å². The van der Waals surface area contributed by atoms with Crippen molar-refractivity contribution in [1.29, 1.82) is 0 Å². The van der Waals surface area contributed by atoms with E-state index < -0.39 is 0 Å². The zero-order valence-corrected chi connectivity index (χ0v) is 11.1. The lowest BCUT2D eigenvalue weighted by Gasteiger charge is -2.05. The van der Waals surface area contributed by atoms with Crippen molar-refractivity contribution in [3.8, 4) is 0 Å². The van der Waals surface area contributed by atoms with Crippen LogP contribution in [0, 0.1) is 5.82 Å². The average molecular weight is 272 g/mol. The van der Waals surface area contributed by atoms with Crippen molar-refractivity contribution < 1.29 is 9.18 Å². The van der Waals surface area contributed by atoms with Crippen molar-refractivity contribution in [3.63, 3.8) is 0 Å². The van der Waals surface area contributed by atoms with E-state index in [4.69, 9.17) is 12.2 Å². The lowest BCUT2D eigenvalue weighted by molar-refractivity contribution is 0.0983. The molecule has 2 aromatic carbocycles. The smallest absolute Gasteiger partial charge is 0.163 e. The zero-order chi connectivity index (χ0) is 13.7. The maximum Gasteiger partial charge on any atom is 0.163 e. The third-order valence-electron chi connectivity index (χ3n) is 2.94. The number of halogens is 1. The van der Waals surface area contributed by atoms with Gasteiger partial charge in [0.05, 0.1) is 0 Å². The number of carbonyl (C=O) groups excluding carboxylic acids is 1. The molecule has 96 valence electrons. The summed E-state index contributed by atoms with van der Waals surface area (Å²) in [6, 6.07) is 13.5. The molecular formula is C16H13FOS. The molecule has 0 aliphatic heterocycles. The summed E-state index contributed by atoms with van der Waals surface area (Å²) in [5.41, 5.74) is 2.39. The van der Waals surface area contributed by atoms with Crippen LogP contribution in [-0.2, 0) is 6.42 Å². The largest absolute Gasteiger partial charge is 0.294 e. The van der Waals surface area contributed by atoms with Gasteiger partial charge in [-0.05, 0) is 29.7 Å². The second-order valence-corrected chi connectivity index (χ2v) is 4.49. The molecule has 0 aliphatic rings. The van der Waals surface area contributed by atoms with Crippen LogP contribution in [0.2, 0.25) is 0 Å². The second kappa shape index (κ2) is 6.34. The van der Waals surface area contributed by atoms with Crippen LogP contribution < -0.4 is 0 Å².